The first-order valence-corrected chi connectivity index (χ1v) is 7.51. The molecule has 1 aromatic heterocycles. The minimum absolute atomic E-state index is 0.119. The van der Waals surface area contributed by atoms with Crippen molar-refractivity contribution in [3.63, 3.8) is 0 Å². The number of nitrogens with zero attached hydrogens (tertiary/aromatic N) is 3. The topological polar surface area (TPSA) is 36.4 Å². The maximum Gasteiger partial charge on any atom is 0.185 e. The second-order valence-electron chi connectivity index (χ2n) is 5.19. The third kappa shape index (κ3) is 2.29. The second kappa shape index (κ2) is 4.97. The van der Waals surface area contributed by atoms with Crippen LogP contribution in [0.25, 0.3) is 0 Å². The van der Waals surface area contributed by atoms with E-state index in [4.69, 9.17) is 0 Å². The molecule has 1 aromatic rings. The molecule has 4 nitrogen and oxygen atoms in total. The number of hydrogen-bond acceptors (Lipinski definition) is 5. The lowest BCUT2D eigenvalue weighted by atomic mass is 10.2. The molecule has 0 saturated carbocycles. The van der Waals surface area contributed by atoms with Crippen molar-refractivity contribution in [3.05, 3.63) is 11.1 Å². The van der Waals surface area contributed by atoms with Crippen molar-refractivity contribution in [2.75, 3.05) is 31.1 Å². The first-order valence-electron chi connectivity index (χ1n) is 6.70. The Balaban J connectivity index is 1.65. The molecule has 0 bridgehead atoms. The van der Waals surface area contributed by atoms with E-state index in [1.807, 2.05) is 0 Å². The number of anilines is 1. The minimum atomic E-state index is 0.119. The fourth-order valence-electron chi connectivity index (χ4n) is 2.89. The standard InChI is InChI=1S/C13H19N3OS/c1-10(17)12-8-14-13(18-12)16-7-4-11(9-16)15-5-2-3-6-15/h8,11H,2-7,9H2,1H3. The van der Waals surface area contributed by atoms with Gasteiger partial charge in [-0.05, 0) is 32.4 Å². The van der Waals surface area contributed by atoms with Gasteiger partial charge in [-0.15, -0.1) is 0 Å². The van der Waals surface area contributed by atoms with Crippen LogP contribution in [0.5, 0.6) is 0 Å². The molecule has 0 N–H and O–H groups in total. The molecule has 1 atom stereocenters. The molecule has 2 aliphatic heterocycles. The Labute approximate surface area is 112 Å². The van der Waals surface area contributed by atoms with Crippen LogP contribution in [0.15, 0.2) is 6.20 Å². The van der Waals surface area contributed by atoms with Crippen molar-refractivity contribution in [2.45, 2.75) is 32.2 Å². The number of carbonyl (C=O) groups excluding carboxylic acids is 1. The van der Waals surface area contributed by atoms with Crippen LogP contribution in [0.2, 0.25) is 0 Å². The molecule has 3 rings (SSSR count). The van der Waals surface area contributed by atoms with Crippen molar-refractivity contribution in [1.82, 2.24) is 9.88 Å². The van der Waals surface area contributed by atoms with Crippen LogP contribution in [0, 0.1) is 0 Å². The van der Waals surface area contributed by atoms with Gasteiger partial charge >= 0.3 is 0 Å². The number of hydrogen-bond donors (Lipinski definition) is 0. The summed E-state index contributed by atoms with van der Waals surface area (Å²) in [5, 5.41) is 1.02. The molecule has 2 aliphatic rings. The Bertz CT molecular complexity index is 439. The number of rotatable bonds is 3. The van der Waals surface area contributed by atoms with Crippen LogP contribution in [0.4, 0.5) is 5.13 Å². The lowest BCUT2D eigenvalue weighted by Gasteiger charge is -2.23. The summed E-state index contributed by atoms with van der Waals surface area (Å²) < 4.78 is 0. The monoisotopic (exact) mass is 265 g/mol. The van der Waals surface area contributed by atoms with Gasteiger partial charge in [-0.2, -0.15) is 0 Å². The lowest BCUT2D eigenvalue weighted by Crippen LogP contribution is -2.35. The maximum atomic E-state index is 11.3. The number of thiazole rings is 1. The van der Waals surface area contributed by atoms with E-state index in [-0.39, 0.29) is 5.78 Å². The minimum Gasteiger partial charge on any atom is -0.346 e. The summed E-state index contributed by atoms with van der Waals surface area (Å²) in [4.78, 5) is 21.4. The molecule has 0 aliphatic carbocycles. The van der Waals surface area contributed by atoms with E-state index in [0.29, 0.717) is 6.04 Å². The Kier molecular flexibility index (Phi) is 3.35. The number of Topliss-reactive ketones (excluding diaryl/α,β-unsaturated/α-hetero) is 1. The molecule has 0 aromatic carbocycles. The summed E-state index contributed by atoms with van der Waals surface area (Å²) in [5.41, 5.74) is 0. The van der Waals surface area contributed by atoms with Gasteiger partial charge in [0.2, 0.25) is 0 Å². The Morgan fingerprint density at radius 2 is 2.17 bits per heavy atom. The zero-order valence-corrected chi connectivity index (χ0v) is 11.6. The van der Waals surface area contributed by atoms with E-state index < -0.39 is 0 Å². The smallest absolute Gasteiger partial charge is 0.185 e. The normalized spacial score (nSPS) is 24.9. The fourth-order valence-corrected chi connectivity index (χ4v) is 3.74. The molecule has 5 heteroatoms. The van der Waals surface area contributed by atoms with Gasteiger partial charge in [0.1, 0.15) is 0 Å². The van der Waals surface area contributed by atoms with Gasteiger partial charge in [-0.25, -0.2) is 4.98 Å². The fraction of sp³-hybridized carbons (Fsp3) is 0.692. The molecule has 3 heterocycles. The zero-order chi connectivity index (χ0) is 12.5. The highest BCUT2D eigenvalue weighted by Crippen LogP contribution is 2.28. The van der Waals surface area contributed by atoms with E-state index in [2.05, 4.69) is 14.8 Å². The van der Waals surface area contributed by atoms with E-state index in [0.717, 1.165) is 23.1 Å². The number of likely N-dealkylation sites (tertiary alicyclic amines) is 1. The van der Waals surface area contributed by atoms with Gasteiger partial charge in [-0.1, -0.05) is 11.3 Å². The van der Waals surface area contributed by atoms with Crippen LogP contribution < -0.4 is 4.90 Å². The van der Waals surface area contributed by atoms with Crippen LogP contribution >= 0.6 is 11.3 Å². The summed E-state index contributed by atoms with van der Waals surface area (Å²) >= 11 is 1.53. The predicted molar refractivity (Wildman–Crippen MR) is 73.5 cm³/mol. The van der Waals surface area contributed by atoms with E-state index in [1.54, 1.807) is 13.1 Å². The largest absolute Gasteiger partial charge is 0.346 e. The highest BCUT2D eigenvalue weighted by Gasteiger charge is 2.30. The van der Waals surface area contributed by atoms with E-state index in [9.17, 15) is 4.79 Å². The van der Waals surface area contributed by atoms with Crippen molar-refractivity contribution in [3.8, 4) is 0 Å². The molecule has 98 valence electrons. The number of aromatic nitrogens is 1. The van der Waals surface area contributed by atoms with Crippen LogP contribution in [-0.2, 0) is 0 Å². The van der Waals surface area contributed by atoms with Crippen molar-refractivity contribution in [1.29, 1.82) is 0 Å². The van der Waals surface area contributed by atoms with Gasteiger partial charge in [-0.3, -0.25) is 9.69 Å². The summed E-state index contributed by atoms with van der Waals surface area (Å²) in [6.45, 7) is 6.27. The van der Waals surface area contributed by atoms with Crippen molar-refractivity contribution in [2.24, 2.45) is 0 Å². The molecule has 2 fully saturated rings. The van der Waals surface area contributed by atoms with Gasteiger partial charge in [0.25, 0.3) is 0 Å². The molecular weight excluding hydrogens is 246 g/mol. The highest BCUT2D eigenvalue weighted by molar-refractivity contribution is 7.17. The Hall–Kier alpha value is -0.940. The molecule has 18 heavy (non-hydrogen) atoms. The van der Waals surface area contributed by atoms with E-state index >= 15 is 0 Å². The number of carbonyl (C=O) groups is 1. The Morgan fingerprint density at radius 1 is 1.39 bits per heavy atom. The Morgan fingerprint density at radius 3 is 2.83 bits per heavy atom. The molecule has 1 unspecified atom stereocenters. The van der Waals surface area contributed by atoms with Crippen LogP contribution in [-0.4, -0.2) is 47.9 Å². The SMILES string of the molecule is CC(=O)c1cnc(N2CCC(N3CCCC3)C2)s1. The predicted octanol–water partition coefficient (Wildman–Crippen LogP) is 2.02. The van der Waals surface area contributed by atoms with Crippen molar-refractivity contribution >= 4 is 22.3 Å². The molecule has 0 amide bonds. The number of ketones is 1. The average Bonchev–Trinajstić information content (AvgIpc) is 3.10. The molecule has 0 spiro atoms. The summed E-state index contributed by atoms with van der Waals surface area (Å²) in [7, 11) is 0. The average molecular weight is 265 g/mol. The van der Waals surface area contributed by atoms with Crippen LogP contribution in [0.1, 0.15) is 35.9 Å². The van der Waals surface area contributed by atoms with Gasteiger partial charge in [0, 0.05) is 26.1 Å². The van der Waals surface area contributed by atoms with Crippen LogP contribution in [0.3, 0.4) is 0 Å². The molecule has 0 radical (unpaired) electrons. The molecular formula is C13H19N3OS. The summed E-state index contributed by atoms with van der Waals surface area (Å²) in [6.07, 6.45) is 5.64. The second-order valence-corrected chi connectivity index (χ2v) is 6.20. The van der Waals surface area contributed by atoms with Crippen molar-refractivity contribution < 1.29 is 4.79 Å². The van der Waals surface area contributed by atoms with Gasteiger partial charge in [0.15, 0.2) is 10.9 Å². The highest BCUT2D eigenvalue weighted by atomic mass is 32.1. The summed E-state index contributed by atoms with van der Waals surface area (Å²) in [6, 6.07) is 0.692. The van der Waals surface area contributed by atoms with Gasteiger partial charge in [0.05, 0.1) is 11.1 Å². The third-order valence-electron chi connectivity index (χ3n) is 3.93. The first-order chi connectivity index (χ1) is 8.74. The zero-order valence-electron chi connectivity index (χ0n) is 10.8. The lowest BCUT2D eigenvalue weighted by molar-refractivity contribution is 0.102. The molecule has 2 saturated heterocycles. The first kappa shape index (κ1) is 12.1. The van der Waals surface area contributed by atoms with Gasteiger partial charge < -0.3 is 4.90 Å². The third-order valence-corrected chi connectivity index (χ3v) is 5.09. The quantitative estimate of drug-likeness (QED) is 0.784. The summed E-state index contributed by atoms with van der Waals surface area (Å²) in [5.74, 6) is 0.119. The van der Waals surface area contributed by atoms with E-state index in [1.165, 1.54) is 43.7 Å². The maximum absolute atomic E-state index is 11.3.